The van der Waals surface area contributed by atoms with E-state index in [1.807, 2.05) is 24.3 Å². The molecule has 0 fully saturated rings. The molecule has 4 nitrogen and oxygen atoms in total. The number of methoxy groups -OCH3 is 1. The normalized spacial score (nSPS) is 9.75. The number of hydrogen-bond donors (Lipinski definition) is 1. The minimum atomic E-state index is -0.409. The number of esters is 1. The zero-order valence-electron chi connectivity index (χ0n) is 8.93. The van der Waals surface area contributed by atoms with Gasteiger partial charge in [0, 0.05) is 18.0 Å². The average Bonchev–Trinajstić information content (AvgIpc) is 2.31. The van der Waals surface area contributed by atoms with E-state index in [4.69, 9.17) is 5.26 Å². The van der Waals surface area contributed by atoms with Gasteiger partial charge in [0.25, 0.3) is 0 Å². The van der Waals surface area contributed by atoms with Crippen molar-refractivity contribution in [2.45, 2.75) is 6.42 Å². The maximum atomic E-state index is 10.8. The van der Waals surface area contributed by atoms with Crippen molar-refractivity contribution in [1.82, 2.24) is 0 Å². The highest BCUT2D eigenvalue weighted by Crippen LogP contribution is 2.09. The van der Waals surface area contributed by atoms with Gasteiger partial charge in [-0.1, -0.05) is 12.1 Å². The summed E-state index contributed by atoms with van der Waals surface area (Å²) in [7, 11) is 1.32. The number of anilines is 1. The summed E-state index contributed by atoms with van der Waals surface area (Å²) in [4.78, 5) is 10.8. The molecule has 0 aromatic heterocycles. The molecule has 1 aromatic rings. The lowest BCUT2D eigenvalue weighted by atomic mass is 10.1. The Morgan fingerprint density at radius 3 is 2.75 bits per heavy atom. The van der Waals surface area contributed by atoms with Gasteiger partial charge < -0.3 is 10.1 Å². The zero-order valence-corrected chi connectivity index (χ0v) is 8.93. The quantitative estimate of drug-likeness (QED) is 0.616. The summed E-state index contributed by atoms with van der Waals surface area (Å²) in [5, 5.41) is 11.4. The van der Waals surface area contributed by atoms with Crippen LogP contribution >= 0.6 is 0 Å². The van der Waals surface area contributed by atoms with E-state index in [0.29, 0.717) is 6.42 Å². The van der Waals surface area contributed by atoms with Gasteiger partial charge in [0.2, 0.25) is 0 Å². The maximum Gasteiger partial charge on any atom is 0.331 e. The molecule has 1 rings (SSSR count). The van der Waals surface area contributed by atoms with Gasteiger partial charge in [-0.05, 0) is 17.7 Å². The van der Waals surface area contributed by atoms with E-state index in [1.165, 1.54) is 19.4 Å². The van der Waals surface area contributed by atoms with Crippen molar-refractivity contribution in [1.29, 1.82) is 5.26 Å². The molecule has 0 aliphatic rings. The SMILES string of the molecule is COC(=O)/C=C/Nc1ccc(CC#N)cc1. The Morgan fingerprint density at radius 1 is 1.50 bits per heavy atom. The molecule has 0 bridgehead atoms. The van der Waals surface area contributed by atoms with Gasteiger partial charge >= 0.3 is 5.97 Å². The first-order valence-electron chi connectivity index (χ1n) is 4.73. The molecule has 4 heteroatoms. The molecular formula is C12H12N2O2. The van der Waals surface area contributed by atoms with Crippen LogP contribution in [0.1, 0.15) is 5.56 Å². The van der Waals surface area contributed by atoms with Crippen LogP contribution in [0.15, 0.2) is 36.5 Å². The van der Waals surface area contributed by atoms with Crippen LogP contribution < -0.4 is 5.32 Å². The molecule has 0 amide bonds. The van der Waals surface area contributed by atoms with Gasteiger partial charge in [0.15, 0.2) is 0 Å². The first-order chi connectivity index (χ1) is 7.76. The van der Waals surface area contributed by atoms with Crippen LogP contribution in [0.5, 0.6) is 0 Å². The van der Waals surface area contributed by atoms with E-state index in [0.717, 1.165) is 11.3 Å². The molecule has 0 saturated carbocycles. The summed E-state index contributed by atoms with van der Waals surface area (Å²) in [6.45, 7) is 0. The summed E-state index contributed by atoms with van der Waals surface area (Å²) < 4.78 is 4.44. The van der Waals surface area contributed by atoms with Crippen LogP contribution in [-0.2, 0) is 16.0 Å². The van der Waals surface area contributed by atoms with Crippen LogP contribution in [-0.4, -0.2) is 13.1 Å². The monoisotopic (exact) mass is 216 g/mol. The van der Waals surface area contributed by atoms with Gasteiger partial charge in [-0.15, -0.1) is 0 Å². The van der Waals surface area contributed by atoms with Crippen LogP contribution in [0.3, 0.4) is 0 Å². The van der Waals surface area contributed by atoms with Crippen molar-refractivity contribution < 1.29 is 9.53 Å². The highest BCUT2D eigenvalue weighted by molar-refractivity contribution is 5.82. The molecule has 0 spiro atoms. The molecule has 1 N–H and O–H groups in total. The Kier molecular flexibility index (Phi) is 4.61. The van der Waals surface area contributed by atoms with Crippen LogP contribution in [0.4, 0.5) is 5.69 Å². The lowest BCUT2D eigenvalue weighted by Crippen LogP contribution is -1.96. The maximum absolute atomic E-state index is 10.8. The number of nitrogens with one attached hydrogen (secondary N) is 1. The third-order valence-corrected chi connectivity index (χ3v) is 1.91. The Hall–Kier alpha value is -2.28. The van der Waals surface area contributed by atoms with E-state index in [1.54, 1.807) is 0 Å². The standard InChI is InChI=1S/C12H12N2O2/c1-16-12(15)7-9-14-11-4-2-10(3-5-11)6-8-13/h2-5,7,9,14H,6H2,1H3/b9-7+. The smallest absolute Gasteiger partial charge is 0.331 e. The topological polar surface area (TPSA) is 62.1 Å². The second kappa shape index (κ2) is 6.25. The summed E-state index contributed by atoms with van der Waals surface area (Å²) in [6, 6.07) is 9.47. The van der Waals surface area contributed by atoms with Crippen LogP contribution in [0.25, 0.3) is 0 Å². The average molecular weight is 216 g/mol. The fourth-order valence-corrected chi connectivity index (χ4v) is 1.08. The summed E-state index contributed by atoms with van der Waals surface area (Å²) in [5.41, 5.74) is 1.81. The molecule has 82 valence electrons. The Balaban J connectivity index is 2.53. The predicted molar refractivity (Wildman–Crippen MR) is 60.5 cm³/mol. The molecule has 0 aliphatic carbocycles. The Bertz CT molecular complexity index is 416. The third-order valence-electron chi connectivity index (χ3n) is 1.91. The molecule has 0 unspecified atom stereocenters. The molecule has 0 saturated heterocycles. The fraction of sp³-hybridized carbons (Fsp3) is 0.167. The van der Waals surface area contributed by atoms with Crippen molar-refractivity contribution in [2.24, 2.45) is 0 Å². The highest BCUT2D eigenvalue weighted by Gasteiger charge is 1.93. The summed E-state index contributed by atoms with van der Waals surface area (Å²) in [5.74, 6) is -0.409. The number of nitriles is 1. The van der Waals surface area contributed by atoms with E-state index in [2.05, 4.69) is 16.1 Å². The lowest BCUT2D eigenvalue weighted by Gasteiger charge is -2.01. The van der Waals surface area contributed by atoms with Crippen LogP contribution in [0, 0.1) is 11.3 Å². The second-order valence-corrected chi connectivity index (χ2v) is 3.03. The van der Waals surface area contributed by atoms with Crippen molar-refractivity contribution >= 4 is 11.7 Å². The van der Waals surface area contributed by atoms with E-state index in [-0.39, 0.29) is 0 Å². The van der Waals surface area contributed by atoms with Crippen molar-refractivity contribution in [3.05, 3.63) is 42.1 Å². The van der Waals surface area contributed by atoms with Crippen LogP contribution in [0.2, 0.25) is 0 Å². The fourth-order valence-electron chi connectivity index (χ4n) is 1.08. The summed E-state index contributed by atoms with van der Waals surface area (Å²) in [6.07, 6.45) is 3.20. The molecule has 0 radical (unpaired) electrons. The largest absolute Gasteiger partial charge is 0.466 e. The summed E-state index contributed by atoms with van der Waals surface area (Å²) >= 11 is 0. The van der Waals surface area contributed by atoms with E-state index in [9.17, 15) is 4.79 Å². The minimum Gasteiger partial charge on any atom is -0.466 e. The number of ether oxygens (including phenoxy) is 1. The van der Waals surface area contributed by atoms with Crippen molar-refractivity contribution in [3.8, 4) is 6.07 Å². The zero-order chi connectivity index (χ0) is 11.8. The molecule has 16 heavy (non-hydrogen) atoms. The van der Waals surface area contributed by atoms with E-state index < -0.39 is 5.97 Å². The number of nitrogens with zero attached hydrogens (tertiary/aromatic N) is 1. The van der Waals surface area contributed by atoms with E-state index >= 15 is 0 Å². The Morgan fingerprint density at radius 2 is 2.19 bits per heavy atom. The molecular weight excluding hydrogens is 204 g/mol. The van der Waals surface area contributed by atoms with Gasteiger partial charge in [0.05, 0.1) is 19.6 Å². The lowest BCUT2D eigenvalue weighted by molar-refractivity contribution is -0.134. The number of carbonyl (C=O) groups excluding carboxylic acids is 1. The second-order valence-electron chi connectivity index (χ2n) is 3.03. The number of benzene rings is 1. The predicted octanol–water partition coefficient (Wildman–Crippen LogP) is 1.85. The number of hydrogen-bond acceptors (Lipinski definition) is 4. The molecule has 1 aromatic carbocycles. The molecule has 0 atom stereocenters. The van der Waals surface area contributed by atoms with Crippen molar-refractivity contribution in [3.63, 3.8) is 0 Å². The van der Waals surface area contributed by atoms with Gasteiger partial charge in [0.1, 0.15) is 0 Å². The third kappa shape index (κ3) is 3.84. The first-order valence-corrected chi connectivity index (χ1v) is 4.73. The number of carbonyl (C=O) groups is 1. The van der Waals surface area contributed by atoms with Gasteiger partial charge in [-0.25, -0.2) is 4.79 Å². The first kappa shape index (κ1) is 11.8. The van der Waals surface area contributed by atoms with Crippen molar-refractivity contribution in [2.75, 3.05) is 12.4 Å². The molecule has 0 aliphatic heterocycles. The minimum absolute atomic E-state index is 0.401. The highest BCUT2D eigenvalue weighted by atomic mass is 16.5. The Labute approximate surface area is 94.1 Å². The van der Waals surface area contributed by atoms with Gasteiger partial charge in [-0.3, -0.25) is 0 Å². The molecule has 0 heterocycles. The van der Waals surface area contributed by atoms with Gasteiger partial charge in [-0.2, -0.15) is 5.26 Å². The number of rotatable bonds is 4.